The van der Waals surface area contributed by atoms with E-state index in [4.69, 9.17) is 5.73 Å². The van der Waals surface area contributed by atoms with E-state index in [0.29, 0.717) is 5.56 Å². The Morgan fingerprint density at radius 1 is 1.29 bits per heavy atom. The molecule has 0 aromatic heterocycles. The van der Waals surface area contributed by atoms with Gasteiger partial charge in [-0.3, -0.25) is 0 Å². The number of rotatable bonds is 1. The lowest BCUT2D eigenvalue weighted by atomic mass is 10.1. The summed E-state index contributed by atoms with van der Waals surface area (Å²) < 4.78 is 37.0. The normalized spacial score (nSPS) is 26.3. The molecule has 1 aliphatic carbocycles. The van der Waals surface area contributed by atoms with E-state index in [1.807, 2.05) is 0 Å². The first-order valence-corrected chi connectivity index (χ1v) is 4.41. The maximum atomic E-state index is 12.3. The average Bonchev–Trinajstić information content (AvgIpc) is 2.82. The maximum absolute atomic E-state index is 12.3. The summed E-state index contributed by atoms with van der Waals surface area (Å²) in [6.07, 6.45) is -3.46. The maximum Gasteiger partial charge on any atom is 0.416 e. The third-order valence-corrected chi connectivity index (χ3v) is 2.48. The van der Waals surface area contributed by atoms with Crippen molar-refractivity contribution in [3.05, 3.63) is 35.4 Å². The van der Waals surface area contributed by atoms with E-state index in [-0.39, 0.29) is 12.0 Å². The van der Waals surface area contributed by atoms with Crippen LogP contribution in [0.3, 0.4) is 0 Å². The van der Waals surface area contributed by atoms with Crippen LogP contribution in [0.15, 0.2) is 24.3 Å². The van der Waals surface area contributed by atoms with Gasteiger partial charge in [0.1, 0.15) is 0 Å². The van der Waals surface area contributed by atoms with Crippen LogP contribution in [-0.2, 0) is 6.18 Å². The number of alkyl halides is 3. The van der Waals surface area contributed by atoms with Gasteiger partial charge in [-0.15, -0.1) is 0 Å². The summed E-state index contributed by atoms with van der Waals surface area (Å²) >= 11 is 0. The molecule has 1 fully saturated rings. The van der Waals surface area contributed by atoms with Gasteiger partial charge < -0.3 is 5.73 Å². The van der Waals surface area contributed by atoms with Gasteiger partial charge >= 0.3 is 6.18 Å². The van der Waals surface area contributed by atoms with Gasteiger partial charge in [0.2, 0.25) is 0 Å². The zero-order valence-corrected chi connectivity index (χ0v) is 7.38. The Labute approximate surface area is 79.7 Å². The molecule has 76 valence electrons. The second-order valence-electron chi connectivity index (χ2n) is 3.63. The van der Waals surface area contributed by atoms with Crippen molar-refractivity contribution in [3.63, 3.8) is 0 Å². The van der Waals surface area contributed by atoms with E-state index in [9.17, 15) is 13.2 Å². The van der Waals surface area contributed by atoms with Crippen molar-refractivity contribution < 1.29 is 13.2 Å². The molecule has 0 bridgehead atoms. The van der Waals surface area contributed by atoms with Crippen molar-refractivity contribution in [1.29, 1.82) is 0 Å². The summed E-state index contributed by atoms with van der Waals surface area (Å²) in [5, 5.41) is 0. The van der Waals surface area contributed by atoms with Crippen molar-refractivity contribution in [2.45, 2.75) is 24.6 Å². The molecule has 0 unspecified atom stereocenters. The van der Waals surface area contributed by atoms with E-state index in [1.54, 1.807) is 6.07 Å². The topological polar surface area (TPSA) is 26.0 Å². The van der Waals surface area contributed by atoms with Gasteiger partial charge in [0, 0.05) is 12.0 Å². The predicted octanol–water partition coefficient (Wildman–Crippen LogP) is 2.52. The van der Waals surface area contributed by atoms with Gasteiger partial charge in [0.05, 0.1) is 5.56 Å². The van der Waals surface area contributed by atoms with E-state index in [0.717, 1.165) is 12.5 Å². The minimum Gasteiger partial charge on any atom is -0.327 e. The highest BCUT2D eigenvalue weighted by atomic mass is 19.4. The van der Waals surface area contributed by atoms with Crippen molar-refractivity contribution in [1.82, 2.24) is 0 Å². The monoisotopic (exact) mass is 201 g/mol. The van der Waals surface area contributed by atoms with Crippen LogP contribution in [0.5, 0.6) is 0 Å². The van der Waals surface area contributed by atoms with Crippen molar-refractivity contribution in [2.24, 2.45) is 5.73 Å². The Balaban J connectivity index is 2.28. The van der Waals surface area contributed by atoms with Gasteiger partial charge in [-0.05, 0) is 18.1 Å². The standard InChI is InChI=1S/C10H10F3N/c11-10(12,13)7-3-1-2-6(4-7)8-5-9(8)14/h1-4,8-9H,5,14H2/t8-,9+/m1/s1. The Morgan fingerprint density at radius 3 is 2.43 bits per heavy atom. The first-order chi connectivity index (χ1) is 6.48. The number of hydrogen-bond donors (Lipinski definition) is 1. The summed E-state index contributed by atoms with van der Waals surface area (Å²) in [7, 11) is 0. The summed E-state index contributed by atoms with van der Waals surface area (Å²) in [5.74, 6) is 0.122. The van der Waals surface area contributed by atoms with Crippen LogP contribution in [0.4, 0.5) is 13.2 Å². The van der Waals surface area contributed by atoms with Gasteiger partial charge in [-0.1, -0.05) is 18.2 Å². The summed E-state index contributed by atoms with van der Waals surface area (Å²) in [6.45, 7) is 0. The van der Waals surface area contributed by atoms with Crippen molar-refractivity contribution in [3.8, 4) is 0 Å². The largest absolute Gasteiger partial charge is 0.416 e. The molecule has 0 saturated heterocycles. The highest BCUT2D eigenvalue weighted by Crippen LogP contribution is 2.40. The molecule has 14 heavy (non-hydrogen) atoms. The number of benzene rings is 1. The van der Waals surface area contributed by atoms with Crippen LogP contribution < -0.4 is 5.73 Å². The van der Waals surface area contributed by atoms with E-state index in [2.05, 4.69) is 0 Å². The Bertz CT molecular complexity index is 345. The zero-order chi connectivity index (χ0) is 10.3. The summed E-state index contributed by atoms with van der Waals surface area (Å²) in [6, 6.07) is 5.45. The molecule has 1 nitrogen and oxygen atoms in total. The van der Waals surface area contributed by atoms with Crippen LogP contribution in [0.2, 0.25) is 0 Å². The summed E-state index contributed by atoms with van der Waals surface area (Å²) in [5.41, 5.74) is 5.69. The fourth-order valence-electron chi connectivity index (χ4n) is 1.54. The Kier molecular flexibility index (Phi) is 2.03. The quantitative estimate of drug-likeness (QED) is 0.742. The molecule has 0 radical (unpaired) electrons. The molecule has 0 spiro atoms. The molecule has 1 saturated carbocycles. The number of nitrogens with two attached hydrogens (primary N) is 1. The molecule has 2 atom stereocenters. The molecule has 0 amide bonds. The lowest BCUT2D eigenvalue weighted by Crippen LogP contribution is -2.06. The zero-order valence-electron chi connectivity index (χ0n) is 7.38. The lowest BCUT2D eigenvalue weighted by molar-refractivity contribution is -0.137. The van der Waals surface area contributed by atoms with Crippen LogP contribution in [0.25, 0.3) is 0 Å². The first-order valence-electron chi connectivity index (χ1n) is 4.41. The molecular weight excluding hydrogens is 191 g/mol. The second kappa shape index (κ2) is 2.98. The first kappa shape index (κ1) is 9.52. The third-order valence-electron chi connectivity index (χ3n) is 2.48. The number of halogens is 3. The van der Waals surface area contributed by atoms with Gasteiger partial charge in [-0.2, -0.15) is 13.2 Å². The van der Waals surface area contributed by atoms with Gasteiger partial charge in [0.25, 0.3) is 0 Å². The predicted molar refractivity (Wildman–Crippen MR) is 46.8 cm³/mol. The summed E-state index contributed by atoms with van der Waals surface area (Å²) in [4.78, 5) is 0. The fraction of sp³-hybridized carbons (Fsp3) is 0.400. The molecule has 2 rings (SSSR count). The van der Waals surface area contributed by atoms with Crippen LogP contribution in [0, 0.1) is 0 Å². The SMILES string of the molecule is N[C@H]1C[C@@H]1c1cccc(C(F)(F)F)c1. The molecule has 4 heteroatoms. The fourth-order valence-corrected chi connectivity index (χ4v) is 1.54. The second-order valence-corrected chi connectivity index (χ2v) is 3.63. The molecule has 1 aliphatic rings. The van der Waals surface area contributed by atoms with Gasteiger partial charge in [-0.25, -0.2) is 0 Å². The smallest absolute Gasteiger partial charge is 0.327 e. The lowest BCUT2D eigenvalue weighted by Gasteiger charge is -2.07. The molecule has 0 heterocycles. The van der Waals surface area contributed by atoms with E-state index < -0.39 is 11.7 Å². The van der Waals surface area contributed by atoms with E-state index >= 15 is 0 Å². The Hall–Kier alpha value is -1.03. The van der Waals surface area contributed by atoms with Crippen LogP contribution in [0.1, 0.15) is 23.5 Å². The molecule has 0 aliphatic heterocycles. The molecule has 1 aromatic rings. The average molecular weight is 201 g/mol. The van der Waals surface area contributed by atoms with Crippen LogP contribution in [-0.4, -0.2) is 6.04 Å². The van der Waals surface area contributed by atoms with Crippen LogP contribution >= 0.6 is 0 Å². The highest BCUT2D eigenvalue weighted by Gasteiger charge is 2.37. The Morgan fingerprint density at radius 2 is 1.93 bits per heavy atom. The number of hydrogen-bond acceptors (Lipinski definition) is 1. The minimum absolute atomic E-state index is 0.0403. The van der Waals surface area contributed by atoms with Crippen molar-refractivity contribution >= 4 is 0 Å². The van der Waals surface area contributed by atoms with E-state index in [1.165, 1.54) is 12.1 Å². The van der Waals surface area contributed by atoms with Gasteiger partial charge in [0.15, 0.2) is 0 Å². The highest BCUT2D eigenvalue weighted by molar-refractivity contribution is 5.32. The molecule has 1 aromatic carbocycles. The molecule has 2 N–H and O–H groups in total. The van der Waals surface area contributed by atoms with Crippen molar-refractivity contribution in [2.75, 3.05) is 0 Å². The minimum atomic E-state index is -4.25. The third kappa shape index (κ3) is 1.75. The molecular formula is C10H10F3N.